The zero-order valence-corrected chi connectivity index (χ0v) is 18.4. The summed E-state index contributed by atoms with van der Waals surface area (Å²) in [6.45, 7) is 3.96. The highest BCUT2D eigenvalue weighted by molar-refractivity contribution is 9.10. The van der Waals surface area contributed by atoms with Gasteiger partial charge in [0.1, 0.15) is 30.3 Å². The fraction of sp³-hybridized carbons (Fsp3) is 0.174. The van der Waals surface area contributed by atoms with E-state index >= 15 is 0 Å². The Labute approximate surface area is 185 Å². The van der Waals surface area contributed by atoms with Crippen molar-refractivity contribution in [3.63, 3.8) is 0 Å². The molecule has 0 atom stereocenters. The first-order valence-corrected chi connectivity index (χ1v) is 10.2. The summed E-state index contributed by atoms with van der Waals surface area (Å²) in [7, 11) is 0. The van der Waals surface area contributed by atoms with E-state index in [1.54, 1.807) is 36.4 Å². The van der Waals surface area contributed by atoms with Crippen LogP contribution in [0.2, 0.25) is 0 Å². The molecule has 2 heterocycles. The van der Waals surface area contributed by atoms with Crippen LogP contribution in [0, 0.1) is 13.8 Å². The Hall–Kier alpha value is -3.39. The van der Waals surface area contributed by atoms with E-state index in [-0.39, 0.29) is 6.61 Å². The van der Waals surface area contributed by atoms with Gasteiger partial charge in [-0.15, -0.1) is 0 Å². The van der Waals surface area contributed by atoms with Gasteiger partial charge < -0.3 is 18.4 Å². The third kappa shape index (κ3) is 4.69. The summed E-state index contributed by atoms with van der Waals surface area (Å²) in [5.41, 5.74) is 2.55. The maximum absolute atomic E-state index is 12.4. The van der Waals surface area contributed by atoms with Crippen LogP contribution >= 0.6 is 15.9 Å². The van der Waals surface area contributed by atoms with Gasteiger partial charge in [0, 0.05) is 21.5 Å². The lowest BCUT2D eigenvalue weighted by Gasteiger charge is -2.09. The Kier molecular flexibility index (Phi) is 5.90. The molecular weight excluding hydrogens is 466 g/mol. The van der Waals surface area contributed by atoms with Crippen molar-refractivity contribution < 1.29 is 23.2 Å². The lowest BCUT2D eigenvalue weighted by Crippen LogP contribution is -2.08. The number of benzene rings is 2. The van der Waals surface area contributed by atoms with E-state index in [1.165, 1.54) is 6.07 Å². The lowest BCUT2D eigenvalue weighted by atomic mass is 10.1. The van der Waals surface area contributed by atoms with Crippen LogP contribution in [0.5, 0.6) is 5.75 Å². The first-order chi connectivity index (χ1) is 14.9. The van der Waals surface area contributed by atoms with E-state index in [2.05, 4.69) is 21.1 Å². The van der Waals surface area contributed by atoms with Crippen molar-refractivity contribution in [1.29, 1.82) is 0 Å². The summed E-state index contributed by atoms with van der Waals surface area (Å²) in [5, 5.41) is 4.60. The molecule has 0 saturated carbocycles. The van der Waals surface area contributed by atoms with E-state index in [0.717, 1.165) is 15.7 Å². The summed E-state index contributed by atoms with van der Waals surface area (Å²) in [4.78, 5) is 24.3. The fourth-order valence-corrected chi connectivity index (χ4v) is 3.44. The van der Waals surface area contributed by atoms with Gasteiger partial charge in [0.25, 0.3) is 0 Å². The zero-order valence-electron chi connectivity index (χ0n) is 16.8. The van der Waals surface area contributed by atoms with Crippen molar-refractivity contribution in [3.8, 4) is 5.75 Å². The van der Waals surface area contributed by atoms with Gasteiger partial charge >= 0.3 is 11.6 Å². The first kappa shape index (κ1) is 20.9. The number of carbonyl (C=O) groups is 1. The molecule has 158 valence electrons. The summed E-state index contributed by atoms with van der Waals surface area (Å²) in [6.07, 6.45) is 0. The second-order valence-corrected chi connectivity index (χ2v) is 7.84. The molecule has 0 amide bonds. The van der Waals surface area contributed by atoms with Gasteiger partial charge in [0.2, 0.25) is 0 Å². The number of nitrogens with zero attached hydrogens (tertiary/aromatic N) is 1. The molecule has 8 heteroatoms. The standard InChI is InChI=1S/C23H18BrNO6/c1-13-20(14(2)31-25-13)12-28-18-6-3-15(4-7-18)23(27)29-11-16-9-22(26)30-21-10-17(24)5-8-19(16)21/h3-10H,11-12H2,1-2H3. The number of hydrogen-bond donors (Lipinski definition) is 0. The number of fused-ring (bicyclic) bond motifs is 1. The Morgan fingerprint density at radius 3 is 2.55 bits per heavy atom. The summed E-state index contributed by atoms with van der Waals surface area (Å²) in [5.74, 6) is 0.817. The number of hydrogen-bond acceptors (Lipinski definition) is 7. The van der Waals surface area contributed by atoms with Crippen molar-refractivity contribution >= 4 is 32.9 Å². The van der Waals surface area contributed by atoms with Gasteiger partial charge in [0.05, 0.1) is 16.8 Å². The van der Waals surface area contributed by atoms with Crippen LogP contribution in [-0.2, 0) is 18.0 Å². The lowest BCUT2D eigenvalue weighted by molar-refractivity contribution is 0.0474. The molecule has 0 N–H and O–H groups in total. The van der Waals surface area contributed by atoms with E-state index in [9.17, 15) is 9.59 Å². The number of aromatic nitrogens is 1. The average Bonchev–Trinajstić information content (AvgIpc) is 3.07. The van der Waals surface area contributed by atoms with Gasteiger partial charge in [-0.1, -0.05) is 21.1 Å². The number of aryl methyl sites for hydroxylation is 2. The largest absolute Gasteiger partial charge is 0.489 e. The van der Waals surface area contributed by atoms with E-state index in [4.69, 9.17) is 18.4 Å². The summed E-state index contributed by atoms with van der Waals surface area (Å²) in [6, 6.07) is 13.3. The van der Waals surface area contributed by atoms with Crippen LogP contribution in [0.1, 0.15) is 32.9 Å². The SMILES string of the molecule is Cc1noc(C)c1COc1ccc(C(=O)OCc2cc(=O)oc3cc(Br)ccc23)cc1. The van der Waals surface area contributed by atoms with Crippen molar-refractivity contribution in [2.45, 2.75) is 27.1 Å². The van der Waals surface area contributed by atoms with Crippen LogP contribution in [0.4, 0.5) is 0 Å². The highest BCUT2D eigenvalue weighted by Crippen LogP contribution is 2.23. The van der Waals surface area contributed by atoms with Crippen LogP contribution in [0.3, 0.4) is 0 Å². The molecule has 0 aliphatic carbocycles. The van der Waals surface area contributed by atoms with Crippen LogP contribution in [0.25, 0.3) is 11.0 Å². The fourth-order valence-electron chi connectivity index (χ4n) is 3.10. The Morgan fingerprint density at radius 2 is 1.84 bits per heavy atom. The third-order valence-electron chi connectivity index (χ3n) is 4.81. The molecule has 0 spiro atoms. The maximum atomic E-state index is 12.4. The molecule has 0 unspecified atom stereocenters. The number of ether oxygens (including phenoxy) is 2. The van der Waals surface area contributed by atoms with Crippen molar-refractivity contribution in [3.05, 3.63) is 91.6 Å². The van der Waals surface area contributed by atoms with Gasteiger partial charge in [0.15, 0.2) is 0 Å². The molecule has 7 nitrogen and oxygen atoms in total. The highest BCUT2D eigenvalue weighted by atomic mass is 79.9. The predicted molar refractivity (Wildman–Crippen MR) is 116 cm³/mol. The van der Waals surface area contributed by atoms with Crippen LogP contribution in [-0.4, -0.2) is 11.1 Å². The second-order valence-electron chi connectivity index (χ2n) is 6.92. The van der Waals surface area contributed by atoms with Crippen LogP contribution < -0.4 is 10.4 Å². The van der Waals surface area contributed by atoms with Crippen LogP contribution in [0.15, 0.2) is 66.7 Å². The number of rotatable bonds is 6. The minimum absolute atomic E-state index is 0.0487. The van der Waals surface area contributed by atoms with Gasteiger partial charge in [-0.3, -0.25) is 0 Å². The second kappa shape index (κ2) is 8.77. The van der Waals surface area contributed by atoms with Crippen molar-refractivity contribution in [2.24, 2.45) is 0 Å². The molecule has 0 saturated heterocycles. The molecule has 0 aliphatic rings. The minimum Gasteiger partial charge on any atom is -0.489 e. The van der Waals surface area contributed by atoms with E-state index in [1.807, 2.05) is 19.9 Å². The van der Waals surface area contributed by atoms with Gasteiger partial charge in [-0.25, -0.2) is 9.59 Å². The molecule has 2 aromatic carbocycles. The number of halogens is 1. The average molecular weight is 484 g/mol. The van der Waals surface area contributed by atoms with Crippen molar-refractivity contribution in [1.82, 2.24) is 5.16 Å². The quantitative estimate of drug-likeness (QED) is 0.278. The smallest absolute Gasteiger partial charge is 0.338 e. The first-order valence-electron chi connectivity index (χ1n) is 9.45. The Balaban J connectivity index is 1.41. The highest BCUT2D eigenvalue weighted by Gasteiger charge is 2.13. The zero-order chi connectivity index (χ0) is 22.0. The maximum Gasteiger partial charge on any atom is 0.338 e. The molecule has 4 rings (SSSR count). The third-order valence-corrected chi connectivity index (χ3v) is 5.30. The van der Waals surface area contributed by atoms with Gasteiger partial charge in [-0.05, 0) is 56.3 Å². The van der Waals surface area contributed by atoms with Gasteiger partial charge in [-0.2, -0.15) is 0 Å². The predicted octanol–water partition coefficient (Wildman–Crippen LogP) is 5.10. The van der Waals surface area contributed by atoms with E-state index in [0.29, 0.717) is 40.2 Å². The Bertz CT molecular complexity index is 1290. The molecule has 4 aromatic rings. The Morgan fingerprint density at radius 1 is 1.06 bits per heavy atom. The molecule has 0 aliphatic heterocycles. The molecule has 0 radical (unpaired) electrons. The normalized spacial score (nSPS) is 10.9. The topological polar surface area (TPSA) is 91.8 Å². The minimum atomic E-state index is -0.504. The number of carbonyl (C=O) groups excluding carboxylic acids is 1. The monoisotopic (exact) mass is 483 g/mol. The molecule has 0 fully saturated rings. The summed E-state index contributed by atoms with van der Waals surface area (Å²) < 4.78 is 22.3. The molecule has 0 bridgehead atoms. The summed E-state index contributed by atoms with van der Waals surface area (Å²) >= 11 is 3.34. The number of esters is 1. The molecule has 31 heavy (non-hydrogen) atoms. The molecular formula is C23H18BrNO6. The van der Waals surface area contributed by atoms with E-state index < -0.39 is 11.6 Å². The van der Waals surface area contributed by atoms with Crippen molar-refractivity contribution in [2.75, 3.05) is 0 Å². The molecule has 2 aromatic heterocycles.